The Labute approximate surface area is 549 Å². The summed E-state index contributed by atoms with van der Waals surface area (Å²) in [6, 6.07) is 24.8. The first-order chi connectivity index (χ1) is 40.9. The number of allylic oxidation sites excluding steroid dienone is 4. The molecule has 9 rings (SSSR count). The molecule has 1 amide bonds. The van der Waals surface area contributed by atoms with Crippen LogP contribution < -0.4 is 78.3 Å². The Morgan fingerprint density at radius 3 is 1.42 bits per heavy atom. The summed E-state index contributed by atoms with van der Waals surface area (Å²) < 4.78 is 24.5. The molecule has 0 unspecified atom stereocenters. The van der Waals surface area contributed by atoms with Crippen molar-refractivity contribution in [3.05, 3.63) is 137 Å². The number of Topliss-reactive ketones (excluding diaryl/α,β-unsaturated/α-hetero) is 5. The number of hydrazone groups is 2. The first-order valence-electron chi connectivity index (χ1n) is 28.1. The molecule has 0 bridgehead atoms. The van der Waals surface area contributed by atoms with Gasteiger partial charge in [0.2, 0.25) is 0 Å². The molecule has 1 fully saturated rings. The van der Waals surface area contributed by atoms with Crippen LogP contribution in [-0.2, 0) is 24.0 Å². The van der Waals surface area contributed by atoms with Crippen LogP contribution in [0.4, 0.5) is 42.9 Å². The monoisotopic (exact) mass is 1250 g/mol. The van der Waals surface area contributed by atoms with Crippen molar-refractivity contribution in [1.29, 1.82) is 15.8 Å². The number of halogens is 2. The zero-order valence-corrected chi connectivity index (χ0v) is 56.4. The van der Waals surface area contributed by atoms with Gasteiger partial charge in [-0.15, -0.1) is 0 Å². The van der Waals surface area contributed by atoms with Crippen molar-refractivity contribution in [3.63, 3.8) is 0 Å². The van der Waals surface area contributed by atoms with E-state index in [1.54, 1.807) is 57.5 Å². The average molecular weight is 1250 g/mol. The van der Waals surface area contributed by atoms with Crippen LogP contribution in [0.2, 0.25) is 0 Å². The number of nitrogens with one attached hydrogen (secondary N) is 4. The maximum Gasteiger partial charge on any atom is 1.00 e. The van der Waals surface area contributed by atoms with E-state index in [4.69, 9.17) is 27.2 Å². The number of hydrazine groups is 1. The molecule has 0 aromatic heterocycles. The topological polar surface area (TPSA) is 361 Å². The number of anilines is 6. The summed E-state index contributed by atoms with van der Waals surface area (Å²) in [7, 11) is 6.80. The van der Waals surface area contributed by atoms with Gasteiger partial charge in [0.25, 0.3) is 5.91 Å². The van der Waals surface area contributed by atoms with Gasteiger partial charge in [0, 0.05) is 100 Å². The minimum absolute atomic E-state index is 0. The Kier molecular flexibility index (Phi) is 31.0. The van der Waals surface area contributed by atoms with E-state index in [2.05, 4.69) is 72.0 Å². The van der Waals surface area contributed by atoms with Crippen molar-refractivity contribution < 1.29 is 72.6 Å². The minimum Gasteiger partial charge on any atom is -0.870 e. The second-order valence-corrected chi connectivity index (χ2v) is 23.7. The summed E-state index contributed by atoms with van der Waals surface area (Å²) in [4.78, 5) is 70.8. The van der Waals surface area contributed by atoms with Gasteiger partial charge in [-0.25, -0.2) is 18.8 Å². The predicted octanol–water partition coefficient (Wildman–Crippen LogP) is 8.00. The zero-order chi connectivity index (χ0) is 65.3. The number of primary amides is 1. The number of rotatable bonds is 9. The molecule has 5 aliphatic rings. The Bertz CT molecular complexity index is 3550. The molecular weight excluding hydrogens is 1160 g/mol. The quantitative estimate of drug-likeness (QED) is 0.0274. The number of carbonyl (C=O) groups excluding carboxylic acids is 6. The Morgan fingerprint density at radius 2 is 1.02 bits per heavy atom. The van der Waals surface area contributed by atoms with Crippen molar-refractivity contribution in [2.75, 3.05) is 59.6 Å². The maximum absolute atomic E-state index is 12.6. The molecule has 4 aromatic rings. The molecule has 2 aliphatic heterocycles. The van der Waals surface area contributed by atoms with Crippen LogP contribution in [0.5, 0.6) is 0 Å². The fraction of sp³-hybridized carbons (Fsp3) is 0.394. The third kappa shape index (κ3) is 21.4. The molecule has 0 spiro atoms. The second-order valence-electron chi connectivity index (χ2n) is 23.7. The molecule has 21 nitrogen and oxygen atoms in total. The van der Waals surface area contributed by atoms with Gasteiger partial charge in [0.05, 0.1) is 68.0 Å². The molecule has 0 atom stereocenters. The molecule has 3 aliphatic carbocycles. The SMILES string of the molecule is CC(=O)CC1C(=O)CC(C)(C)CC1=O.CN.CNc1cc(N2N=C(C)CC3=C2CC(C)(C)CC3=O)ccc1C#N.CNc1cc(N2N=C(C)CC3=C2CC(C)(C)CC3=O)ccc1C(N)=O.CNc1cc(NN)ccc1C#N.N#Cc1ccc(F)cc1F.[CH3-].[Na+].[OH-]. The average Bonchev–Trinajstić information content (AvgIpc) is 1.44. The van der Waals surface area contributed by atoms with Crippen molar-refractivity contribution in [3.8, 4) is 18.2 Å². The molecule has 90 heavy (non-hydrogen) atoms. The van der Waals surface area contributed by atoms with Gasteiger partial charge in [-0.2, -0.15) is 26.0 Å². The van der Waals surface area contributed by atoms with E-state index in [9.17, 15) is 42.8 Å². The normalized spacial score (nSPS) is 16.3. The summed E-state index contributed by atoms with van der Waals surface area (Å²) in [6.45, 7) is 17.6. The van der Waals surface area contributed by atoms with Crippen LogP contribution in [0, 0.1) is 75.2 Å². The fourth-order valence-corrected chi connectivity index (χ4v) is 10.4. The third-order valence-corrected chi connectivity index (χ3v) is 14.5. The number of nitrogen functional groups attached to an aromatic ring is 1. The van der Waals surface area contributed by atoms with E-state index in [-0.39, 0.29) is 99.6 Å². The van der Waals surface area contributed by atoms with E-state index < -0.39 is 23.5 Å². The smallest absolute Gasteiger partial charge is 0.870 e. The molecule has 0 saturated heterocycles. The van der Waals surface area contributed by atoms with Gasteiger partial charge in [-0.05, 0) is 124 Å². The van der Waals surface area contributed by atoms with Crippen LogP contribution >= 0.6 is 0 Å². The number of nitriles is 3. The number of amides is 1. The van der Waals surface area contributed by atoms with Crippen LogP contribution in [0.1, 0.15) is 147 Å². The van der Waals surface area contributed by atoms with E-state index in [1.165, 1.54) is 14.0 Å². The summed E-state index contributed by atoms with van der Waals surface area (Å²) in [5.74, 6) is 2.79. The Morgan fingerprint density at radius 1 is 0.622 bits per heavy atom. The molecule has 0 radical (unpaired) electrons. The number of nitrogens with zero attached hydrogens (tertiary/aromatic N) is 7. The van der Waals surface area contributed by atoms with Gasteiger partial charge >= 0.3 is 29.6 Å². The fourth-order valence-electron chi connectivity index (χ4n) is 10.4. The summed E-state index contributed by atoms with van der Waals surface area (Å²) >= 11 is 0. The first-order valence-corrected chi connectivity index (χ1v) is 28.1. The number of hydrogen-bond donors (Lipinski definition) is 7. The molecule has 476 valence electrons. The van der Waals surface area contributed by atoms with Crippen molar-refractivity contribution in [2.24, 2.45) is 49.7 Å². The van der Waals surface area contributed by atoms with Gasteiger partial charge in [0.15, 0.2) is 11.6 Å². The zero-order valence-electron chi connectivity index (χ0n) is 54.4. The van der Waals surface area contributed by atoms with Gasteiger partial charge in [-0.3, -0.25) is 34.6 Å². The number of hydrogen-bond acceptors (Lipinski definition) is 20. The van der Waals surface area contributed by atoms with Crippen LogP contribution in [0.15, 0.2) is 106 Å². The van der Waals surface area contributed by atoms with Gasteiger partial charge < -0.3 is 45.7 Å². The summed E-state index contributed by atoms with van der Waals surface area (Å²) in [5, 5.41) is 48.1. The first kappa shape index (κ1) is 79.5. The summed E-state index contributed by atoms with van der Waals surface area (Å²) in [6.07, 6.45) is 4.92. The largest absolute Gasteiger partial charge is 1.00 e. The van der Waals surface area contributed by atoms with Crippen molar-refractivity contribution in [1.82, 2.24) is 0 Å². The van der Waals surface area contributed by atoms with Crippen LogP contribution in [0.3, 0.4) is 0 Å². The Balaban J connectivity index is 0.000000578. The molecule has 1 saturated carbocycles. The van der Waals surface area contributed by atoms with E-state index in [0.29, 0.717) is 67.0 Å². The maximum atomic E-state index is 12.6. The van der Waals surface area contributed by atoms with Crippen LogP contribution in [0.25, 0.3) is 0 Å². The van der Waals surface area contributed by atoms with Gasteiger partial charge in [0.1, 0.15) is 47.2 Å². The second kappa shape index (κ2) is 35.1. The molecular formula is C66H84F2N14NaO7-. The standard InChI is InChI=1S/C19H24N4O2.C19H22N4O.C11H16O3.C8H10N4.C7H3F2N.CH5N.CH3.Na.H2O/c1-11-7-14-16(9-19(2,3)10-17(14)24)23(22-11)12-5-6-13(18(20)25)15(8-12)21-4;1-12-7-15-17(9-19(2,3)10-18(15)24)23(22-12)14-6-5-13(11-20)16(8-14)21-4;1-7(12)4-8-9(13)5-11(2,3)6-10(8)14;1-11-8-4-7(12-10)3-2-6(8)5-9;8-6-2-1-5(4-10)7(9)3-6;1-2;;;/h5-6,8,21H,7,9-10H2,1-4H3,(H2,20,25);5-6,8,21H,7,9-10H2,1-4H3;8H,4-6H2,1-3H3;2-4,11-12H,10H2,1H3;1-3H;2H2,1H3;1H3;;1H2/q;;;;;;-1;+1;/p-1. The summed E-state index contributed by atoms with van der Waals surface area (Å²) in [5.41, 5.74) is 23.7. The third-order valence-electron chi connectivity index (χ3n) is 14.5. The van der Waals surface area contributed by atoms with E-state index in [0.717, 1.165) is 87.4 Å². The molecule has 2 heterocycles. The number of ketones is 5. The van der Waals surface area contributed by atoms with E-state index >= 15 is 0 Å². The number of nitrogens with two attached hydrogens (primary N) is 3. The van der Waals surface area contributed by atoms with Crippen molar-refractivity contribution >= 4 is 80.4 Å². The van der Waals surface area contributed by atoms with Gasteiger partial charge in [-0.1, -0.05) is 41.5 Å². The van der Waals surface area contributed by atoms with E-state index in [1.807, 2.05) is 62.0 Å². The minimum atomic E-state index is -0.817. The molecule has 4 aromatic carbocycles. The number of benzene rings is 4. The number of carbonyl (C=O) groups is 6. The predicted molar refractivity (Wildman–Crippen MR) is 346 cm³/mol. The van der Waals surface area contributed by atoms with Crippen molar-refractivity contribution in [2.45, 2.75) is 120 Å². The molecule has 11 N–H and O–H groups in total. The Hall–Kier alpha value is -8.47. The van der Waals surface area contributed by atoms with Crippen LogP contribution in [-0.4, -0.2) is 79.9 Å². The molecule has 24 heteroatoms.